The van der Waals surface area contributed by atoms with Gasteiger partial charge in [-0.1, -0.05) is 39.0 Å². The number of hydrogen-bond acceptors (Lipinski definition) is 2. The second kappa shape index (κ2) is 7.78. The Hall–Kier alpha value is -0.570. The van der Waals surface area contributed by atoms with Crippen LogP contribution in [0.2, 0.25) is 0 Å². The molecule has 1 rings (SSSR count). The van der Waals surface area contributed by atoms with E-state index in [1.54, 1.807) is 0 Å². The van der Waals surface area contributed by atoms with E-state index >= 15 is 0 Å². The van der Waals surface area contributed by atoms with Crippen LogP contribution in [0.1, 0.15) is 65.2 Å². The lowest BCUT2D eigenvalue weighted by atomic mass is 9.80. The van der Waals surface area contributed by atoms with Crippen molar-refractivity contribution in [2.24, 2.45) is 5.41 Å². The van der Waals surface area contributed by atoms with Crippen molar-refractivity contribution < 1.29 is 9.90 Å². The Balaban J connectivity index is 2.07. The highest BCUT2D eigenvalue weighted by molar-refractivity contribution is 5.74. The Morgan fingerprint density at radius 1 is 1.11 bits per heavy atom. The zero-order valence-corrected chi connectivity index (χ0v) is 12.1. The first-order valence-electron chi connectivity index (χ1n) is 7.54. The molecule has 0 aliphatic carbocycles. The van der Waals surface area contributed by atoms with Gasteiger partial charge in [-0.2, -0.15) is 0 Å². The molecule has 1 fully saturated rings. The molecular weight excluding hydrogens is 226 g/mol. The lowest BCUT2D eigenvalue weighted by Gasteiger charge is -2.36. The van der Waals surface area contributed by atoms with Gasteiger partial charge in [-0.05, 0) is 45.8 Å². The summed E-state index contributed by atoms with van der Waals surface area (Å²) < 4.78 is 0. The Morgan fingerprint density at radius 3 is 2.22 bits per heavy atom. The number of aliphatic carboxylic acids is 1. The Morgan fingerprint density at radius 2 is 1.67 bits per heavy atom. The van der Waals surface area contributed by atoms with Gasteiger partial charge in [-0.3, -0.25) is 4.79 Å². The molecule has 18 heavy (non-hydrogen) atoms. The van der Waals surface area contributed by atoms with Crippen molar-refractivity contribution in [2.45, 2.75) is 65.2 Å². The zero-order chi connectivity index (χ0) is 13.4. The van der Waals surface area contributed by atoms with Crippen LogP contribution in [0.5, 0.6) is 0 Å². The van der Waals surface area contributed by atoms with Crippen molar-refractivity contribution in [2.75, 3.05) is 19.6 Å². The first-order chi connectivity index (χ1) is 8.58. The summed E-state index contributed by atoms with van der Waals surface area (Å²) in [5.41, 5.74) is -0.475. The molecule has 1 saturated heterocycles. The average molecular weight is 255 g/mol. The van der Waals surface area contributed by atoms with Gasteiger partial charge in [-0.15, -0.1) is 0 Å². The van der Waals surface area contributed by atoms with Gasteiger partial charge >= 0.3 is 5.97 Å². The van der Waals surface area contributed by atoms with Crippen molar-refractivity contribution in [3.05, 3.63) is 0 Å². The van der Waals surface area contributed by atoms with E-state index in [4.69, 9.17) is 5.11 Å². The molecule has 0 bridgehead atoms. The molecule has 3 nitrogen and oxygen atoms in total. The van der Waals surface area contributed by atoms with Crippen LogP contribution in [0, 0.1) is 5.41 Å². The molecule has 0 aromatic rings. The van der Waals surface area contributed by atoms with Crippen LogP contribution < -0.4 is 0 Å². The lowest BCUT2D eigenvalue weighted by molar-refractivity contribution is -0.150. The highest BCUT2D eigenvalue weighted by Gasteiger charge is 2.36. The number of piperidine rings is 1. The lowest BCUT2D eigenvalue weighted by Crippen LogP contribution is -2.42. The molecule has 0 amide bonds. The Kier molecular flexibility index (Phi) is 6.69. The van der Waals surface area contributed by atoms with E-state index in [2.05, 4.69) is 11.8 Å². The maximum Gasteiger partial charge on any atom is 0.309 e. The van der Waals surface area contributed by atoms with Gasteiger partial charge in [0.25, 0.3) is 0 Å². The van der Waals surface area contributed by atoms with Crippen molar-refractivity contribution in [1.29, 1.82) is 0 Å². The fraction of sp³-hybridized carbons (Fsp3) is 0.933. The van der Waals surface area contributed by atoms with Gasteiger partial charge in [0, 0.05) is 0 Å². The van der Waals surface area contributed by atoms with Crippen LogP contribution >= 0.6 is 0 Å². The molecule has 0 aromatic heterocycles. The number of carboxylic acids is 1. The predicted octanol–water partition coefficient (Wildman–Crippen LogP) is 3.53. The molecule has 1 aliphatic rings. The summed E-state index contributed by atoms with van der Waals surface area (Å²) in [6.45, 7) is 7.20. The molecule has 0 unspecified atom stereocenters. The maximum atomic E-state index is 11.1. The number of carbonyl (C=O) groups is 1. The van der Waals surface area contributed by atoms with E-state index in [9.17, 15) is 4.79 Å². The molecule has 0 aromatic carbocycles. The number of likely N-dealkylation sites (tertiary alicyclic amines) is 1. The summed E-state index contributed by atoms with van der Waals surface area (Å²) in [5, 5.41) is 9.16. The van der Waals surface area contributed by atoms with E-state index in [1.165, 1.54) is 38.5 Å². The van der Waals surface area contributed by atoms with E-state index in [-0.39, 0.29) is 0 Å². The van der Waals surface area contributed by atoms with Gasteiger partial charge in [0.1, 0.15) is 0 Å². The molecule has 0 saturated carbocycles. The zero-order valence-electron chi connectivity index (χ0n) is 12.1. The van der Waals surface area contributed by atoms with Gasteiger partial charge in [-0.25, -0.2) is 0 Å². The molecule has 1 N–H and O–H groups in total. The largest absolute Gasteiger partial charge is 0.481 e. The van der Waals surface area contributed by atoms with Gasteiger partial charge < -0.3 is 10.0 Å². The van der Waals surface area contributed by atoms with E-state index < -0.39 is 11.4 Å². The molecule has 1 heterocycles. The topological polar surface area (TPSA) is 40.5 Å². The molecule has 3 heteroatoms. The third-order valence-corrected chi connectivity index (χ3v) is 4.30. The van der Waals surface area contributed by atoms with Crippen molar-refractivity contribution >= 4 is 5.97 Å². The van der Waals surface area contributed by atoms with Crippen LogP contribution in [0.15, 0.2) is 0 Å². The summed E-state index contributed by atoms with van der Waals surface area (Å²) in [6, 6.07) is 0. The van der Waals surface area contributed by atoms with Crippen LogP contribution in [0.3, 0.4) is 0 Å². The van der Waals surface area contributed by atoms with Crippen LogP contribution in [-0.2, 0) is 4.79 Å². The quantitative estimate of drug-likeness (QED) is 0.674. The fourth-order valence-electron chi connectivity index (χ4n) is 2.60. The second-order valence-electron chi connectivity index (χ2n) is 5.98. The van der Waals surface area contributed by atoms with E-state index in [0.717, 1.165) is 32.5 Å². The Bertz CT molecular complexity index is 245. The molecule has 0 radical (unpaired) electrons. The molecule has 0 spiro atoms. The number of nitrogens with zero attached hydrogens (tertiary/aromatic N) is 1. The van der Waals surface area contributed by atoms with Crippen LogP contribution in [0.25, 0.3) is 0 Å². The minimum absolute atomic E-state index is 0.475. The first kappa shape index (κ1) is 15.5. The van der Waals surface area contributed by atoms with Gasteiger partial charge in [0.2, 0.25) is 0 Å². The minimum Gasteiger partial charge on any atom is -0.481 e. The third-order valence-electron chi connectivity index (χ3n) is 4.30. The smallest absolute Gasteiger partial charge is 0.309 e. The summed E-state index contributed by atoms with van der Waals surface area (Å²) in [4.78, 5) is 13.6. The molecule has 1 aliphatic heterocycles. The van der Waals surface area contributed by atoms with Gasteiger partial charge in [0.15, 0.2) is 0 Å². The summed E-state index contributed by atoms with van der Waals surface area (Å²) in [6.07, 6.45) is 9.60. The fourth-order valence-corrected chi connectivity index (χ4v) is 2.60. The van der Waals surface area contributed by atoms with E-state index in [0.29, 0.717) is 0 Å². The Labute approximate surface area is 112 Å². The number of rotatable bonds is 8. The maximum absolute atomic E-state index is 11.1. The SMILES string of the molecule is CCCCCCCCN1CCC(C)(C(=O)O)CC1. The standard InChI is InChI=1S/C15H29NO2/c1-3-4-5-6-7-8-11-16-12-9-15(2,10-13-16)14(17)18/h3-13H2,1-2H3,(H,17,18). The second-order valence-corrected chi connectivity index (χ2v) is 5.98. The molecule has 106 valence electrons. The minimum atomic E-state index is -0.623. The third kappa shape index (κ3) is 4.97. The first-order valence-corrected chi connectivity index (χ1v) is 7.54. The summed E-state index contributed by atoms with van der Waals surface area (Å²) in [7, 11) is 0. The van der Waals surface area contributed by atoms with Crippen molar-refractivity contribution in [3.63, 3.8) is 0 Å². The monoisotopic (exact) mass is 255 g/mol. The average Bonchev–Trinajstić information content (AvgIpc) is 2.36. The van der Waals surface area contributed by atoms with Crippen LogP contribution in [0.4, 0.5) is 0 Å². The molecular formula is C15H29NO2. The number of unbranched alkanes of at least 4 members (excludes halogenated alkanes) is 5. The summed E-state index contributed by atoms with van der Waals surface area (Å²) in [5.74, 6) is -0.623. The number of carboxylic acid groups (broad SMARTS) is 1. The van der Waals surface area contributed by atoms with Crippen molar-refractivity contribution in [3.8, 4) is 0 Å². The highest BCUT2D eigenvalue weighted by atomic mass is 16.4. The van der Waals surface area contributed by atoms with Crippen LogP contribution in [-0.4, -0.2) is 35.6 Å². The summed E-state index contributed by atoms with van der Waals surface area (Å²) >= 11 is 0. The normalized spacial score (nSPS) is 19.9. The highest BCUT2D eigenvalue weighted by Crippen LogP contribution is 2.31. The van der Waals surface area contributed by atoms with Crippen molar-refractivity contribution in [1.82, 2.24) is 4.90 Å². The molecule has 0 atom stereocenters. The van der Waals surface area contributed by atoms with E-state index in [1.807, 2.05) is 6.92 Å². The van der Waals surface area contributed by atoms with Gasteiger partial charge in [0.05, 0.1) is 5.41 Å². The number of hydrogen-bond donors (Lipinski definition) is 1. The predicted molar refractivity (Wildman–Crippen MR) is 74.8 cm³/mol.